The van der Waals surface area contributed by atoms with Crippen molar-refractivity contribution in [3.63, 3.8) is 0 Å². The van der Waals surface area contributed by atoms with Crippen LogP contribution in [0.2, 0.25) is 0 Å². The van der Waals surface area contributed by atoms with Crippen molar-refractivity contribution in [3.05, 3.63) is 89.0 Å². The molecule has 11 heteroatoms. The fourth-order valence-electron chi connectivity index (χ4n) is 6.91. The van der Waals surface area contributed by atoms with Crippen LogP contribution in [-0.4, -0.2) is 28.5 Å². The van der Waals surface area contributed by atoms with Crippen molar-refractivity contribution in [1.82, 2.24) is 9.78 Å². The lowest BCUT2D eigenvalue weighted by Crippen LogP contribution is -2.49. The average molecular weight is 588 g/mol. The Labute approximate surface area is 237 Å². The van der Waals surface area contributed by atoms with Crippen LogP contribution in [0.4, 0.5) is 32.0 Å². The van der Waals surface area contributed by atoms with Gasteiger partial charge < -0.3 is 10.1 Å². The Morgan fingerprint density at radius 1 is 1.17 bits per heavy atom. The van der Waals surface area contributed by atoms with Crippen molar-refractivity contribution in [1.29, 1.82) is 0 Å². The topological polar surface area (TPSA) is 56.2 Å². The highest BCUT2D eigenvalue weighted by molar-refractivity contribution is 5.93. The molecule has 1 aromatic heterocycles. The Balaban J connectivity index is 1.32. The molecule has 1 N–H and O–H groups in total. The summed E-state index contributed by atoms with van der Waals surface area (Å²) >= 11 is 0. The first-order valence-electron chi connectivity index (χ1n) is 13.6. The molecule has 4 atom stereocenters. The fourth-order valence-corrected chi connectivity index (χ4v) is 6.91. The van der Waals surface area contributed by atoms with Gasteiger partial charge >= 0.3 is 12.8 Å². The molecule has 1 amide bonds. The van der Waals surface area contributed by atoms with E-state index in [4.69, 9.17) is 0 Å². The van der Waals surface area contributed by atoms with Crippen LogP contribution in [0.1, 0.15) is 37.4 Å². The predicted molar refractivity (Wildman–Crippen MR) is 143 cm³/mol. The second kappa shape index (κ2) is 10.4. The van der Waals surface area contributed by atoms with Gasteiger partial charge in [-0.3, -0.25) is 4.79 Å². The van der Waals surface area contributed by atoms with Gasteiger partial charge in [-0.25, -0.2) is 9.07 Å². The molecule has 6 rings (SSSR count). The zero-order chi connectivity index (χ0) is 29.8. The maximum atomic E-state index is 14.3. The van der Waals surface area contributed by atoms with Crippen molar-refractivity contribution in [3.8, 4) is 11.4 Å². The number of aromatic nitrogens is 2. The van der Waals surface area contributed by atoms with E-state index in [-0.39, 0.29) is 23.7 Å². The third-order valence-corrected chi connectivity index (χ3v) is 8.79. The van der Waals surface area contributed by atoms with Crippen molar-refractivity contribution < 1.29 is 35.9 Å². The molecule has 0 aliphatic heterocycles. The molecule has 3 aliphatic rings. The summed E-state index contributed by atoms with van der Waals surface area (Å²) < 4.78 is 87.9. The second-order valence-electron chi connectivity index (χ2n) is 11.2. The summed E-state index contributed by atoms with van der Waals surface area (Å²) in [6.45, 7) is -1.08. The van der Waals surface area contributed by atoms with Crippen LogP contribution < -0.4 is 10.1 Å². The highest BCUT2D eigenvalue weighted by Gasteiger charge is 2.56. The average Bonchev–Trinajstić information content (AvgIpc) is 3.32. The minimum absolute atomic E-state index is 0.0771. The van der Waals surface area contributed by atoms with E-state index in [1.54, 1.807) is 29.1 Å². The number of rotatable bonds is 5. The number of alkyl halides is 5. The van der Waals surface area contributed by atoms with Crippen molar-refractivity contribution in [2.24, 2.45) is 23.2 Å². The number of nitrogens with zero attached hydrogens (tertiary/aromatic N) is 2. The number of nitrogens with one attached hydrogen (secondary N) is 1. The number of benzene rings is 2. The number of carbonyl (C=O) groups excluding carboxylic acids is 1. The quantitative estimate of drug-likeness (QED) is 0.246. The summed E-state index contributed by atoms with van der Waals surface area (Å²) in [6, 6.07) is 11.2. The first kappa shape index (κ1) is 28.1. The normalized spacial score (nSPS) is 25.1. The SMILES string of the molecule is C[C@]12Cc3cnn(-c4ccc(F)cc4)c3C=C1CCC1C2=CC[C@@H](C(F)(F)F)[C@@H]1C(=O)Nc1cccc(OC(F)F)c1. The third-order valence-electron chi connectivity index (χ3n) is 8.79. The van der Waals surface area contributed by atoms with Crippen LogP contribution in [0.3, 0.4) is 0 Å². The molecule has 0 saturated heterocycles. The van der Waals surface area contributed by atoms with Crippen molar-refractivity contribution in [2.75, 3.05) is 5.32 Å². The number of hydrogen-bond acceptors (Lipinski definition) is 3. The van der Waals surface area contributed by atoms with E-state index < -0.39 is 41.9 Å². The molecule has 0 radical (unpaired) electrons. The van der Waals surface area contributed by atoms with Gasteiger partial charge in [0.2, 0.25) is 5.91 Å². The minimum atomic E-state index is -4.61. The van der Waals surface area contributed by atoms with Crippen molar-refractivity contribution >= 4 is 17.7 Å². The molecule has 3 aliphatic carbocycles. The molecule has 3 aromatic rings. The lowest BCUT2D eigenvalue weighted by Gasteiger charge is -2.50. The van der Waals surface area contributed by atoms with E-state index in [0.29, 0.717) is 24.9 Å². The number of amides is 1. The fraction of sp³-hybridized carbons (Fsp3) is 0.355. The van der Waals surface area contributed by atoms with E-state index in [1.807, 2.05) is 13.0 Å². The van der Waals surface area contributed by atoms with Crippen molar-refractivity contribution in [2.45, 2.75) is 45.4 Å². The Kier molecular flexibility index (Phi) is 6.93. The summed E-state index contributed by atoms with van der Waals surface area (Å²) in [4.78, 5) is 13.6. The predicted octanol–water partition coefficient (Wildman–Crippen LogP) is 7.73. The second-order valence-corrected chi connectivity index (χ2v) is 11.2. The summed E-state index contributed by atoms with van der Waals surface area (Å²) in [5, 5.41) is 7.05. The molecule has 42 heavy (non-hydrogen) atoms. The number of anilines is 1. The Morgan fingerprint density at radius 2 is 1.93 bits per heavy atom. The van der Waals surface area contributed by atoms with E-state index in [0.717, 1.165) is 28.5 Å². The largest absolute Gasteiger partial charge is 0.435 e. The Morgan fingerprint density at radius 3 is 2.64 bits per heavy atom. The van der Waals surface area contributed by atoms with E-state index >= 15 is 0 Å². The van der Waals surface area contributed by atoms with Gasteiger partial charge in [-0.2, -0.15) is 27.1 Å². The van der Waals surface area contributed by atoms with Gasteiger partial charge in [0.1, 0.15) is 11.6 Å². The van der Waals surface area contributed by atoms with Crippen LogP contribution in [0.5, 0.6) is 5.75 Å². The molecule has 220 valence electrons. The van der Waals surface area contributed by atoms with E-state index in [9.17, 15) is 31.1 Å². The monoisotopic (exact) mass is 587 g/mol. The van der Waals surface area contributed by atoms with Crippen LogP contribution in [0.15, 0.2) is 72.0 Å². The molecule has 1 fully saturated rings. The third kappa shape index (κ3) is 4.98. The maximum absolute atomic E-state index is 14.3. The number of hydrogen-bond donors (Lipinski definition) is 1. The lowest BCUT2D eigenvalue weighted by molar-refractivity contribution is -0.196. The molecule has 1 heterocycles. The molecule has 0 spiro atoms. The lowest BCUT2D eigenvalue weighted by atomic mass is 9.54. The number of fused-ring (bicyclic) bond motifs is 4. The molecule has 2 aromatic carbocycles. The highest BCUT2D eigenvalue weighted by atomic mass is 19.4. The summed E-state index contributed by atoms with van der Waals surface area (Å²) in [6.07, 6.45) is 1.77. The standard InChI is InChI=1S/C31H27F6N3O2/c1-30-15-17-16-38-40(21-8-6-19(32)7-9-21)26(17)13-18(30)5-10-23-24(30)11-12-25(31(35,36)37)27(23)28(41)39-20-3-2-4-22(14-20)42-29(33)34/h2-4,6-9,11,13-14,16,23,25,27,29H,5,10,12,15H2,1H3,(H,39,41)/t23?,25-,27-,30+/m1/s1. The van der Waals surface area contributed by atoms with Gasteiger partial charge in [-0.15, -0.1) is 0 Å². The van der Waals surface area contributed by atoms with Crippen LogP contribution in [0.25, 0.3) is 11.8 Å². The first-order valence-corrected chi connectivity index (χ1v) is 13.6. The summed E-state index contributed by atoms with van der Waals surface area (Å²) in [7, 11) is 0. The molecular formula is C31H27F6N3O2. The summed E-state index contributed by atoms with van der Waals surface area (Å²) in [5.41, 5.74) is 3.76. The number of allylic oxidation sites excluding steroid dienone is 3. The molecule has 5 nitrogen and oxygen atoms in total. The van der Waals surface area contributed by atoms with Gasteiger partial charge in [0.25, 0.3) is 0 Å². The molecule has 1 saturated carbocycles. The van der Waals surface area contributed by atoms with Crippen LogP contribution in [-0.2, 0) is 11.2 Å². The van der Waals surface area contributed by atoms with Gasteiger partial charge in [0.15, 0.2) is 0 Å². The molecular weight excluding hydrogens is 560 g/mol. The Bertz CT molecular complexity index is 1580. The smallest absolute Gasteiger partial charge is 0.392 e. The van der Waals surface area contributed by atoms with Gasteiger partial charge in [0.05, 0.1) is 29.4 Å². The molecule has 1 unspecified atom stereocenters. The van der Waals surface area contributed by atoms with Crippen LogP contribution >= 0.6 is 0 Å². The minimum Gasteiger partial charge on any atom is -0.435 e. The highest BCUT2D eigenvalue weighted by Crippen LogP contribution is 2.59. The van der Waals surface area contributed by atoms with Gasteiger partial charge in [0, 0.05) is 17.2 Å². The maximum Gasteiger partial charge on any atom is 0.392 e. The zero-order valence-corrected chi connectivity index (χ0v) is 22.5. The summed E-state index contributed by atoms with van der Waals surface area (Å²) in [5.74, 6) is -5.33. The number of halogens is 6. The zero-order valence-electron chi connectivity index (χ0n) is 22.5. The number of ether oxygens (including phenoxy) is 1. The van der Waals surface area contributed by atoms with Crippen LogP contribution in [0, 0.1) is 29.0 Å². The van der Waals surface area contributed by atoms with Gasteiger partial charge in [-0.05, 0) is 79.6 Å². The van der Waals surface area contributed by atoms with E-state index in [1.165, 1.54) is 30.3 Å². The molecule has 0 bridgehead atoms. The number of carbonyl (C=O) groups is 1. The first-order chi connectivity index (χ1) is 19.9. The van der Waals surface area contributed by atoms with E-state index in [2.05, 4.69) is 15.2 Å². The Hall–Kier alpha value is -4.02. The van der Waals surface area contributed by atoms with Gasteiger partial charge in [-0.1, -0.05) is 30.2 Å².